The number of para-hydroxylation sites is 1. The largest absolute Gasteiger partial charge is 0.494 e. The Hall–Kier alpha value is -3.78. The van der Waals surface area contributed by atoms with E-state index in [1.54, 1.807) is 30.3 Å². The Morgan fingerprint density at radius 1 is 1.15 bits per heavy atom. The molecule has 1 aliphatic heterocycles. The van der Waals surface area contributed by atoms with E-state index in [1.165, 1.54) is 4.52 Å². The predicted molar refractivity (Wildman–Crippen MR) is 133 cm³/mol. The minimum Gasteiger partial charge on any atom is -0.494 e. The molecule has 1 atom stereocenters. The van der Waals surface area contributed by atoms with Crippen molar-refractivity contribution in [2.75, 3.05) is 6.61 Å². The zero-order chi connectivity index (χ0) is 23.7. The Morgan fingerprint density at radius 2 is 1.94 bits per heavy atom. The van der Waals surface area contributed by atoms with Crippen molar-refractivity contribution in [3.05, 3.63) is 84.9 Å². The Morgan fingerprint density at radius 3 is 2.74 bits per heavy atom. The third-order valence-electron chi connectivity index (χ3n) is 5.59. The van der Waals surface area contributed by atoms with E-state index in [9.17, 15) is 9.59 Å². The highest BCUT2D eigenvalue weighted by molar-refractivity contribution is 7.15. The lowest BCUT2D eigenvalue weighted by Crippen LogP contribution is -2.28. The number of hydrogen-bond acceptors (Lipinski definition) is 7. The minimum atomic E-state index is -0.477. The Bertz CT molecular complexity index is 1550. The van der Waals surface area contributed by atoms with E-state index in [1.807, 2.05) is 37.3 Å². The summed E-state index contributed by atoms with van der Waals surface area (Å²) in [7, 11) is 0. The van der Waals surface area contributed by atoms with Crippen LogP contribution in [0.15, 0.2) is 63.7 Å². The van der Waals surface area contributed by atoms with E-state index in [2.05, 4.69) is 17.0 Å². The van der Waals surface area contributed by atoms with Gasteiger partial charge in [-0.1, -0.05) is 42.9 Å². The van der Waals surface area contributed by atoms with E-state index in [-0.39, 0.29) is 22.3 Å². The van der Waals surface area contributed by atoms with Crippen molar-refractivity contribution in [2.24, 2.45) is 0 Å². The second-order valence-corrected chi connectivity index (χ2v) is 9.05. The van der Waals surface area contributed by atoms with Crippen LogP contribution in [0.4, 0.5) is 0 Å². The summed E-state index contributed by atoms with van der Waals surface area (Å²) in [6.45, 7) is 4.68. The average Bonchev–Trinajstić information content (AvgIpc) is 3.13. The molecule has 3 heterocycles. The van der Waals surface area contributed by atoms with Gasteiger partial charge in [-0.25, -0.2) is 0 Å². The summed E-state index contributed by atoms with van der Waals surface area (Å²) in [6, 6.07) is 14.8. The van der Waals surface area contributed by atoms with Crippen LogP contribution in [0.25, 0.3) is 28.4 Å². The van der Waals surface area contributed by atoms with Crippen molar-refractivity contribution in [3.8, 4) is 22.8 Å². The smallest absolute Gasteiger partial charge is 0.300 e. The average molecular weight is 474 g/mol. The van der Waals surface area contributed by atoms with Crippen LogP contribution in [-0.4, -0.2) is 27.3 Å². The Labute approximate surface area is 199 Å². The number of fused-ring (bicyclic) bond motifs is 2. The maximum Gasteiger partial charge on any atom is 0.300 e. The number of nitrogens with zero attached hydrogens (tertiary/aromatic N) is 3. The first kappa shape index (κ1) is 22.0. The Kier molecular flexibility index (Phi) is 5.98. The first-order valence-electron chi connectivity index (χ1n) is 11.2. The van der Waals surface area contributed by atoms with Crippen LogP contribution >= 0.6 is 11.3 Å². The topological polar surface area (TPSA) is 82.8 Å². The van der Waals surface area contributed by atoms with E-state index in [4.69, 9.17) is 9.47 Å². The summed E-state index contributed by atoms with van der Waals surface area (Å²) in [5, 5.41) is 4.35. The summed E-state index contributed by atoms with van der Waals surface area (Å²) < 4.78 is 13.3. The van der Waals surface area contributed by atoms with Crippen molar-refractivity contribution in [1.29, 1.82) is 0 Å². The summed E-state index contributed by atoms with van der Waals surface area (Å²) in [5.41, 5.74) is 1.73. The van der Waals surface area contributed by atoms with Crippen molar-refractivity contribution in [3.63, 3.8) is 0 Å². The van der Waals surface area contributed by atoms with Gasteiger partial charge < -0.3 is 9.47 Å². The molecule has 0 radical (unpaired) electrons. The molecule has 0 amide bonds. The zero-order valence-electron chi connectivity index (χ0n) is 18.9. The lowest BCUT2D eigenvalue weighted by atomic mass is 10.0. The maximum absolute atomic E-state index is 13.1. The number of thiazole rings is 1. The molecule has 0 saturated carbocycles. The minimum absolute atomic E-state index is 0.126. The van der Waals surface area contributed by atoms with Crippen molar-refractivity contribution in [1.82, 2.24) is 14.6 Å². The summed E-state index contributed by atoms with van der Waals surface area (Å²) >= 11 is 1.14. The number of ether oxygens (including phenoxy) is 2. The maximum atomic E-state index is 13.1. The van der Waals surface area contributed by atoms with Crippen molar-refractivity contribution < 1.29 is 9.47 Å². The van der Waals surface area contributed by atoms with Crippen LogP contribution in [-0.2, 0) is 0 Å². The van der Waals surface area contributed by atoms with Crippen molar-refractivity contribution >= 4 is 28.4 Å². The first-order valence-corrected chi connectivity index (χ1v) is 12.0. The first-order chi connectivity index (χ1) is 16.5. The van der Waals surface area contributed by atoms with E-state index >= 15 is 0 Å². The molecule has 1 aliphatic rings. The highest BCUT2D eigenvalue weighted by atomic mass is 32.1. The fourth-order valence-corrected chi connectivity index (χ4v) is 4.61. The molecule has 2 aromatic heterocycles. The highest BCUT2D eigenvalue weighted by Gasteiger charge is 2.18. The molecule has 0 fully saturated rings. The molecule has 7 nitrogen and oxygen atoms in total. The molecule has 4 aromatic rings. The molecule has 0 aliphatic carbocycles. The Balaban J connectivity index is 1.52. The molecule has 2 aromatic carbocycles. The summed E-state index contributed by atoms with van der Waals surface area (Å²) in [4.78, 5) is 30.2. The lowest BCUT2D eigenvalue weighted by molar-refractivity contribution is 0.259. The summed E-state index contributed by atoms with van der Waals surface area (Å²) in [6.07, 6.45) is 5.61. The SMILES string of the molecule is CCCCOc1ccc(-c2nn3c(=O)/c(=C\C4=Cc5ccccc5OC4C)sc3nc2=O)cc1. The van der Waals surface area contributed by atoms with Gasteiger partial charge in [-0.3, -0.25) is 9.59 Å². The predicted octanol–water partition coefficient (Wildman–Crippen LogP) is 3.72. The van der Waals surface area contributed by atoms with Gasteiger partial charge in [-0.15, -0.1) is 0 Å². The standard InChI is InChI=1S/C26H23N3O4S/c1-3-4-13-32-20-11-9-17(10-12-20)23-24(30)27-26-29(28-23)25(31)22(34-26)15-19-14-18-7-5-6-8-21(18)33-16(19)2/h5-12,14-16H,3-4,13H2,1-2H3/b22-15+. The van der Waals surface area contributed by atoms with Gasteiger partial charge in [0, 0.05) is 11.1 Å². The van der Waals surface area contributed by atoms with E-state index in [0.29, 0.717) is 16.7 Å². The second kappa shape index (κ2) is 9.23. The van der Waals surface area contributed by atoms with Gasteiger partial charge in [0.1, 0.15) is 17.6 Å². The number of rotatable bonds is 6. The van der Waals surface area contributed by atoms with Crippen LogP contribution in [0.1, 0.15) is 32.3 Å². The molecule has 172 valence electrons. The fourth-order valence-electron chi connectivity index (χ4n) is 3.71. The zero-order valence-corrected chi connectivity index (χ0v) is 19.7. The number of unbranched alkanes of at least 4 members (excludes halogenated alkanes) is 1. The third-order valence-corrected chi connectivity index (χ3v) is 6.55. The summed E-state index contributed by atoms with van der Waals surface area (Å²) in [5.74, 6) is 1.54. The molecular weight excluding hydrogens is 450 g/mol. The quantitative estimate of drug-likeness (QED) is 0.397. The van der Waals surface area contributed by atoms with Gasteiger partial charge in [-0.05, 0) is 61.4 Å². The number of benzene rings is 2. The van der Waals surface area contributed by atoms with Crippen LogP contribution in [0.3, 0.4) is 0 Å². The molecule has 0 bridgehead atoms. The van der Waals surface area contributed by atoms with Crippen LogP contribution in [0.2, 0.25) is 0 Å². The second-order valence-electron chi connectivity index (χ2n) is 8.04. The number of hydrogen-bond donors (Lipinski definition) is 0. The molecule has 0 N–H and O–H groups in total. The van der Waals surface area contributed by atoms with Gasteiger partial charge in [0.2, 0.25) is 4.96 Å². The highest BCUT2D eigenvalue weighted by Crippen LogP contribution is 2.29. The van der Waals surface area contributed by atoms with E-state index < -0.39 is 5.56 Å². The third kappa shape index (κ3) is 4.24. The van der Waals surface area contributed by atoms with E-state index in [0.717, 1.165) is 46.8 Å². The van der Waals surface area contributed by atoms with Gasteiger partial charge in [0.25, 0.3) is 5.56 Å². The fraction of sp³-hybridized carbons (Fsp3) is 0.231. The van der Waals surface area contributed by atoms with Crippen LogP contribution < -0.4 is 25.1 Å². The molecule has 0 saturated heterocycles. The molecule has 8 heteroatoms. The van der Waals surface area contributed by atoms with Gasteiger partial charge in [-0.2, -0.15) is 14.6 Å². The van der Waals surface area contributed by atoms with Crippen molar-refractivity contribution in [2.45, 2.75) is 32.8 Å². The van der Waals surface area contributed by atoms with Gasteiger partial charge in [0.15, 0.2) is 5.69 Å². The molecule has 5 rings (SSSR count). The molecule has 1 unspecified atom stereocenters. The normalized spacial score (nSPS) is 15.6. The number of aromatic nitrogens is 3. The van der Waals surface area contributed by atoms with Crippen LogP contribution in [0, 0.1) is 0 Å². The molecule has 0 spiro atoms. The van der Waals surface area contributed by atoms with Gasteiger partial charge in [0.05, 0.1) is 11.1 Å². The van der Waals surface area contributed by atoms with Gasteiger partial charge >= 0.3 is 5.56 Å². The van der Waals surface area contributed by atoms with Crippen LogP contribution in [0.5, 0.6) is 11.5 Å². The lowest BCUT2D eigenvalue weighted by Gasteiger charge is -2.22. The molecular formula is C26H23N3O4S. The molecule has 34 heavy (non-hydrogen) atoms. The monoisotopic (exact) mass is 473 g/mol.